The summed E-state index contributed by atoms with van der Waals surface area (Å²) in [7, 11) is 7.04. The van der Waals surface area contributed by atoms with E-state index >= 15 is 0 Å². The summed E-state index contributed by atoms with van der Waals surface area (Å²) in [5.74, 6) is 0. The average molecular weight is 220 g/mol. The predicted molar refractivity (Wildman–Crippen MR) is 54.1 cm³/mol. The summed E-state index contributed by atoms with van der Waals surface area (Å²) in [5.41, 5.74) is 2.61. The Bertz CT molecular complexity index is 179. The van der Waals surface area contributed by atoms with Gasteiger partial charge in [0.1, 0.15) is 18.3 Å². The monoisotopic (exact) mass is 220 g/mol. The van der Waals surface area contributed by atoms with Gasteiger partial charge in [0.15, 0.2) is 0 Å². The molecule has 15 heavy (non-hydrogen) atoms. The first kappa shape index (κ1) is 12.8. The summed E-state index contributed by atoms with van der Waals surface area (Å²) < 4.78 is 10.8. The molecular formula is C9H20N2O4. The Labute approximate surface area is 90.3 Å². The van der Waals surface area contributed by atoms with E-state index < -0.39 is 0 Å². The summed E-state index contributed by atoms with van der Waals surface area (Å²) in [4.78, 5) is 10.7. The van der Waals surface area contributed by atoms with Gasteiger partial charge in [-0.05, 0) is 0 Å². The number of methoxy groups -OCH3 is 1. The topological polar surface area (TPSA) is 52.2 Å². The van der Waals surface area contributed by atoms with E-state index in [1.54, 1.807) is 19.2 Å². The minimum absolute atomic E-state index is 0.0437. The molecule has 3 atom stereocenters. The van der Waals surface area contributed by atoms with Gasteiger partial charge in [0.2, 0.25) is 0 Å². The van der Waals surface area contributed by atoms with E-state index in [4.69, 9.17) is 19.1 Å². The average Bonchev–Trinajstić information content (AvgIpc) is 2.57. The highest BCUT2D eigenvalue weighted by atomic mass is 16.7. The molecule has 1 fully saturated rings. The van der Waals surface area contributed by atoms with Crippen molar-refractivity contribution in [2.24, 2.45) is 0 Å². The van der Waals surface area contributed by atoms with Crippen molar-refractivity contribution in [2.45, 2.75) is 18.3 Å². The maximum Gasteiger partial charge on any atom is 0.136 e. The second-order valence-corrected chi connectivity index (χ2v) is 3.54. The third-order valence-electron chi connectivity index (χ3n) is 2.23. The molecule has 1 rings (SSSR count). The molecule has 1 saturated heterocycles. The molecule has 1 aliphatic rings. The van der Waals surface area contributed by atoms with Crippen LogP contribution < -0.4 is 5.48 Å². The maximum atomic E-state index is 5.60. The van der Waals surface area contributed by atoms with Crippen LogP contribution in [0, 0.1) is 0 Å². The van der Waals surface area contributed by atoms with Crippen molar-refractivity contribution < 1.29 is 19.1 Å². The quantitative estimate of drug-likeness (QED) is 0.604. The molecule has 0 aromatic carbocycles. The molecule has 0 spiro atoms. The highest BCUT2D eigenvalue weighted by molar-refractivity contribution is 4.85. The fourth-order valence-electron chi connectivity index (χ4n) is 1.54. The van der Waals surface area contributed by atoms with Crippen molar-refractivity contribution in [1.29, 1.82) is 0 Å². The minimum Gasteiger partial charge on any atom is -0.376 e. The fraction of sp³-hybridized carbons (Fsp3) is 1.00. The first-order valence-corrected chi connectivity index (χ1v) is 4.96. The molecule has 0 amide bonds. The zero-order valence-corrected chi connectivity index (χ0v) is 9.73. The lowest BCUT2D eigenvalue weighted by Gasteiger charge is -2.24. The molecule has 2 unspecified atom stereocenters. The lowest BCUT2D eigenvalue weighted by molar-refractivity contribution is -0.206. The van der Waals surface area contributed by atoms with Gasteiger partial charge in [-0.1, -0.05) is 0 Å². The van der Waals surface area contributed by atoms with Crippen molar-refractivity contribution >= 4 is 0 Å². The van der Waals surface area contributed by atoms with E-state index in [0.717, 1.165) is 0 Å². The lowest BCUT2D eigenvalue weighted by atomic mass is 10.1. The Hall–Kier alpha value is -0.240. The van der Waals surface area contributed by atoms with E-state index in [1.165, 1.54) is 0 Å². The molecular weight excluding hydrogens is 200 g/mol. The molecule has 0 saturated carbocycles. The largest absolute Gasteiger partial charge is 0.376 e. The van der Waals surface area contributed by atoms with E-state index in [0.29, 0.717) is 13.2 Å². The van der Waals surface area contributed by atoms with E-state index in [1.807, 2.05) is 14.1 Å². The molecule has 0 radical (unpaired) electrons. The van der Waals surface area contributed by atoms with Crippen LogP contribution in [0.15, 0.2) is 0 Å². The van der Waals surface area contributed by atoms with Crippen LogP contribution in [-0.2, 0) is 19.1 Å². The lowest BCUT2D eigenvalue weighted by Crippen LogP contribution is -2.41. The van der Waals surface area contributed by atoms with Gasteiger partial charge >= 0.3 is 0 Å². The first-order valence-electron chi connectivity index (χ1n) is 4.96. The van der Waals surface area contributed by atoms with Gasteiger partial charge < -0.3 is 9.47 Å². The molecule has 0 bridgehead atoms. The Morgan fingerprint density at radius 1 is 1.47 bits per heavy atom. The van der Waals surface area contributed by atoms with E-state index in [2.05, 4.69) is 5.48 Å². The normalized spacial score (nSPS) is 31.4. The Morgan fingerprint density at radius 2 is 2.20 bits per heavy atom. The molecule has 1 N–H and O–H groups in total. The number of hydrogen-bond donors (Lipinski definition) is 1. The van der Waals surface area contributed by atoms with Crippen LogP contribution in [0.5, 0.6) is 0 Å². The molecule has 90 valence electrons. The predicted octanol–water partition coefficient (Wildman–Crippen LogP) is -0.587. The molecule has 0 aromatic rings. The van der Waals surface area contributed by atoms with Crippen molar-refractivity contribution in [3.8, 4) is 0 Å². The van der Waals surface area contributed by atoms with Gasteiger partial charge in [-0.3, -0.25) is 9.68 Å². The van der Waals surface area contributed by atoms with Crippen molar-refractivity contribution in [1.82, 2.24) is 10.5 Å². The SMILES string of the molecule is CNOC[C@H]1OCC(OC)C1ON(C)C. The molecule has 1 aliphatic heterocycles. The smallest absolute Gasteiger partial charge is 0.136 e. The third-order valence-corrected chi connectivity index (χ3v) is 2.23. The van der Waals surface area contributed by atoms with Gasteiger partial charge in [-0.2, -0.15) is 5.06 Å². The number of hydrogen-bond acceptors (Lipinski definition) is 6. The van der Waals surface area contributed by atoms with Gasteiger partial charge in [0.25, 0.3) is 0 Å². The number of nitrogens with zero attached hydrogens (tertiary/aromatic N) is 1. The summed E-state index contributed by atoms with van der Waals surface area (Å²) >= 11 is 0. The third kappa shape index (κ3) is 3.67. The summed E-state index contributed by atoms with van der Waals surface area (Å²) in [6, 6.07) is 0. The molecule has 1 heterocycles. The molecule has 6 nitrogen and oxygen atoms in total. The number of hydroxylamine groups is 3. The van der Waals surface area contributed by atoms with E-state index in [-0.39, 0.29) is 18.3 Å². The van der Waals surface area contributed by atoms with Crippen molar-refractivity contribution in [2.75, 3.05) is 41.5 Å². The first-order chi connectivity index (χ1) is 7.19. The Morgan fingerprint density at radius 3 is 2.73 bits per heavy atom. The van der Waals surface area contributed by atoms with Crippen molar-refractivity contribution in [3.63, 3.8) is 0 Å². The Kier molecular flexibility index (Phi) is 5.44. The van der Waals surface area contributed by atoms with Crippen LogP contribution in [0.4, 0.5) is 0 Å². The summed E-state index contributed by atoms with van der Waals surface area (Å²) in [6.45, 7) is 0.974. The van der Waals surface area contributed by atoms with Crippen LogP contribution in [-0.4, -0.2) is 64.8 Å². The zero-order chi connectivity index (χ0) is 11.3. The fourth-order valence-corrected chi connectivity index (χ4v) is 1.54. The summed E-state index contributed by atoms with van der Waals surface area (Å²) in [5, 5.41) is 1.65. The van der Waals surface area contributed by atoms with Gasteiger partial charge in [0.05, 0.1) is 13.2 Å². The van der Waals surface area contributed by atoms with Gasteiger partial charge in [0, 0.05) is 28.3 Å². The molecule has 0 aromatic heterocycles. The minimum atomic E-state index is -0.127. The van der Waals surface area contributed by atoms with Crippen LogP contribution in [0.1, 0.15) is 0 Å². The summed E-state index contributed by atoms with van der Waals surface area (Å²) in [6.07, 6.45) is -0.277. The second kappa shape index (κ2) is 6.37. The van der Waals surface area contributed by atoms with Crippen LogP contribution >= 0.6 is 0 Å². The van der Waals surface area contributed by atoms with Gasteiger partial charge in [-0.25, -0.2) is 5.48 Å². The van der Waals surface area contributed by atoms with Crippen molar-refractivity contribution in [3.05, 3.63) is 0 Å². The maximum absolute atomic E-state index is 5.60. The number of rotatable bonds is 6. The second-order valence-electron chi connectivity index (χ2n) is 3.54. The Balaban J connectivity index is 2.47. The van der Waals surface area contributed by atoms with E-state index in [9.17, 15) is 0 Å². The zero-order valence-electron chi connectivity index (χ0n) is 9.73. The van der Waals surface area contributed by atoms with Crippen LogP contribution in [0.25, 0.3) is 0 Å². The highest BCUT2D eigenvalue weighted by Crippen LogP contribution is 2.20. The molecule has 0 aliphatic carbocycles. The van der Waals surface area contributed by atoms with Gasteiger partial charge in [-0.15, -0.1) is 0 Å². The molecule has 6 heteroatoms. The van der Waals surface area contributed by atoms with Crippen LogP contribution in [0.2, 0.25) is 0 Å². The number of nitrogens with one attached hydrogen (secondary N) is 1. The standard InChI is InChI=1S/C9H20N2O4/c1-10-14-6-8-9(15-11(2)3)7(12-4)5-13-8/h7-10H,5-6H2,1-4H3/t7?,8-,9?/m1/s1. The number of ether oxygens (including phenoxy) is 2. The van der Waals surface area contributed by atoms with Crippen LogP contribution in [0.3, 0.4) is 0 Å². The highest BCUT2D eigenvalue weighted by Gasteiger charge is 2.39.